The van der Waals surface area contributed by atoms with Gasteiger partial charge in [-0.2, -0.15) is 0 Å². The van der Waals surface area contributed by atoms with E-state index in [4.69, 9.17) is 4.42 Å². The Hall–Kier alpha value is -8.98. The van der Waals surface area contributed by atoms with Crippen LogP contribution >= 0.6 is 0 Å². The maximum Gasteiger partial charge on any atom is 0.143 e. The molecule has 1 aliphatic rings. The SMILES string of the molecule is c1ccc(C2(c3ccccc3)c3ccccc3-c3ccc(-c4ccc(-c5cc6c(oc7cccc(N(c8ccc9ccccc9c8)c8ccc9ccccc9c8)c76)c6ccccc56)cc4)cc32)cc1. The van der Waals surface area contributed by atoms with Crippen molar-refractivity contribution < 1.29 is 4.42 Å². The summed E-state index contributed by atoms with van der Waals surface area (Å²) < 4.78 is 6.95. The van der Waals surface area contributed by atoms with Crippen LogP contribution in [0.4, 0.5) is 17.1 Å². The Labute approximate surface area is 400 Å². The van der Waals surface area contributed by atoms with Gasteiger partial charge in [-0.15, -0.1) is 0 Å². The number of benzene rings is 12. The molecule has 0 unspecified atom stereocenters. The van der Waals surface area contributed by atoms with Crippen LogP contribution in [0.15, 0.2) is 265 Å². The minimum atomic E-state index is -0.455. The van der Waals surface area contributed by atoms with Crippen molar-refractivity contribution in [1.29, 1.82) is 0 Å². The Bertz CT molecular complexity index is 4010. The van der Waals surface area contributed by atoms with Gasteiger partial charge >= 0.3 is 0 Å². The largest absolute Gasteiger partial charge is 0.455 e. The second-order valence-electron chi connectivity index (χ2n) is 18.4. The average molecular weight is 878 g/mol. The first-order chi connectivity index (χ1) is 34.2. The van der Waals surface area contributed by atoms with Gasteiger partial charge in [0.15, 0.2) is 0 Å². The first kappa shape index (κ1) is 39.2. The number of anilines is 3. The third-order valence-electron chi connectivity index (χ3n) is 14.7. The zero-order valence-electron chi connectivity index (χ0n) is 37.7. The summed E-state index contributed by atoms with van der Waals surface area (Å²) in [6, 6.07) is 95.6. The summed E-state index contributed by atoms with van der Waals surface area (Å²) in [6.45, 7) is 0. The van der Waals surface area contributed by atoms with Crippen LogP contribution in [0, 0.1) is 0 Å². The summed E-state index contributed by atoms with van der Waals surface area (Å²) in [5, 5.41) is 9.22. The normalized spacial score (nSPS) is 12.8. The summed E-state index contributed by atoms with van der Waals surface area (Å²) in [5.41, 5.74) is 17.0. The van der Waals surface area contributed by atoms with Gasteiger partial charge < -0.3 is 9.32 Å². The number of nitrogens with zero attached hydrogens (tertiary/aromatic N) is 1. The monoisotopic (exact) mass is 877 g/mol. The molecule has 2 heteroatoms. The van der Waals surface area contributed by atoms with E-state index in [2.05, 4.69) is 266 Å². The van der Waals surface area contributed by atoms with Gasteiger partial charge in [-0.1, -0.05) is 212 Å². The minimum absolute atomic E-state index is 0.455. The van der Waals surface area contributed by atoms with Crippen molar-refractivity contribution in [2.45, 2.75) is 5.41 Å². The van der Waals surface area contributed by atoms with Gasteiger partial charge in [0, 0.05) is 22.1 Å². The molecule has 1 aromatic heterocycles. The molecule has 14 rings (SSSR count). The van der Waals surface area contributed by atoms with Gasteiger partial charge in [0.2, 0.25) is 0 Å². The smallest absolute Gasteiger partial charge is 0.143 e. The predicted octanol–water partition coefficient (Wildman–Crippen LogP) is 18.2. The number of furan rings is 1. The Kier molecular flexibility index (Phi) is 8.84. The molecule has 13 aromatic rings. The molecular formula is C67H43NO. The fraction of sp³-hybridized carbons (Fsp3) is 0.0149. The predicted molar refractivity (Wildman–Crippen MR) is 289 cm³/mol. The first-order valence-electron chi connectivity index (χ1n) is 23.8. The summed E-state index contributed by atoms with van der Waals surface area (Å²) in [4.78, 5) is 2.40. The molecule has 0 spiro atoms. The van der Waals surface area contributed by atoms with Crippen molar-refractivity contribution in [2.24, 2.45) is 0 Å². The summed E-state index contributed by atoms with van der Waals surface area (Å²) in [5.74, 6) is 0. The lowest BCUT2D eigenvalue weighted by molar-refractivity contribution is 0.672. The van der Waals surface area contributed by atoms with E-state index in [0.29, 0.717) is 0 Å². The van der Waals surface area contributed by atoms with Gasteiger partial charge in [-0.25, -0.2) is 0 Å². The van der Waals surface area contributed by atoms with Gasteiger partial charge in [-0.3, -0.25) is 0 Å². The molecule has 2 nitrogen and oxygen atoms in total. The van der Waals surface area contributed by atoms with Crippen LogP contribution in [-0.4, -0.2) is 0 Å². The highest BCUT2D eigenvalue weighted by molar-refractivity contribution is 6.22. The van der Waals surface area contributed by atoms with E-state index in [9.17, 15) is 0 Å². The minimum Gasteiger partial charge on any atom is -0.455 e. The Morgan fingerprint density at radius 1 is 0.319 bits per heavy atom. The third-order valence-corrected chi connectivity index (χ3v) is 14.7. The van der Waals surface area contributed by atoms with Crippen molar-refractivity contribution in [1.82, 2.24) is 0 Å². The van der Waals surface area contributed by atoms with E-state index in [1.165, 1.54) is 71.6 Å². The Balaban J connectivity index is 0.932. The second kappa shape index (κ2) is 15.6. The summed E-state index contributed by atoms with van der Waals surface area (Å²) in [6.07, 6.45) is 0. The quantitative estimate of drug-likeness (QED) is 0.159. The molecule has 12 aromatic carbocycles. The second-order valence-corrected chi connectivity index (χ2v) is 18.4. The van der Waals surface area contributed by atoms with Gasteiger partial charge in [0.1, 0.15) is 11.2 Å². The van der Waals surface area contributed by atoms with E-state index in [-0.39, 0.29) is 0 Å². The first-order valence-corrected chi connectivity index (χ1v) is 23.8. The van der Waals surface area contributed by atoms with Crippen molar-refractivity contribution >= 4 is 71.3 Å². The van der Waals surface area contributed by atoms with E-state index in [0.717, 1.165) is 55.3 Å². The topological polar surface area (TPSA) is 16.4 Å². The fourth-order valence-electron chi connectivity index (χ4n) is 11.6. The zero-order chi connectivity index (χ0) is 45.5. The standard InChI is InChI=1S/C67H43NO/c1-3-20-51(21-4-1)67(52-22-5-2-6-23-52)61-27-14-13-25-56(61)57-39-36-50(42-62(57)67)46-30-32-47(33-31-46)59-43-60-65-63(28-15-29-64(65)69-66(60)58-26-12-11-24-55(58)59)68(53-37-34-44-16-7-9-18-48(44)40-53)54-38-35-45-17-8-10-19-49(45)41-54/h1-43H. The summed E-state index contributed by atoms with van der Waals surface area (Å²) in [7, 11) is 0. The number of fused-ring (bicyclic) bond motifs is 10. The van der Waals surface area contributed by atoms with Crippen molar-refractivity contribution in [3.8, 4) is 33.4 Å². The molecular weight excluding hydrogens is 835 g/mol. The number of hydrogen-bond acceptors (Lipinski definition) is 2. The molecule has 322 valence electrons. The van der Waals surface area contributed by atoms with Crippen LogP contribution in [0.2, 0.25) is 0 Å². The molecule has 0 fully saturated rings. The molecule has 0 atom stereocenters. The van der Waals surface area contributed by atoms with Crippen LogP contribution in [0.1, 0.15) is 22.3 Å². The highest BCUT2D eigenvalue weighted by atomic mass is 16.3. The highest BCUT2D eigenvalue weighted by Crippen LogP contribution is 2.57. The van der Waals surface area contributed by atoms with Gasteiger partial charge in [0.25, 0.3) is 0 Å². The molecule has 0 aliphatic heterocycles. The molecule has 1 heterocycles. The molecule has 0 saturated carbocycles. The molecule has 0 bridgehead atoms. The van der Waals surface area contributed by atoms with E-state index < -0.39 is 5.41 Å². The molecule has 0 saturated heterocycles. The number of rotatable bonds is 7. The third kappa shape index (κ3) is 6.06. The van der Waals surface area contributed by atoms with Crippen LogP contribution in [-0.2, 0) is 5.41 Å². The Morgan fingerprint density at radius 3 is 1.55 bits per heavy atom. The van der Waals surface area contributed by atoms with Crippen LogP contribution < -0.4 is 4.90 Å². The van der Waals surface area contributed by atoms with Crippen molar-refractivity contribution in [3.63, 3.8) is 0 Å². The Morgan fingerprint density at radius 2 is 0.870 bits per heavy atom. The molecule has 1 aliphatic carbocycles. The van der Waals surface area contributed by atoms with Gasteiger partial charge in [-0.05, 0) is 131 Å². The maximum atomic E-state index is 6.95. The van der Waals surface area contributed by atoms with E-state index >= 15 is 0 Å². The maximum absolute atomic E-state index is 6.95. The van der Waals surface area contributed by atoms with Crippen molar-refractivity contribution in [3.05, 3.63) is 283 Å². The lowest BCUT2D eigenvalue weighted by Crippen LogP contribution is -2.28. The lowest BCUT2D eigenvalue weighted by Gasteiger charge is -2.34. The lowest BCUT2D eigenvalue weighted by atomic mass is 9.67. The molecule has 0 radical (unpaired) electrons. The van der Waals surface area contributed by atoms with E-state index in [1.807, 2.05) is 0 Å². The zero-order valence-corrected chi connectivity index (χ0v) is 37.7. The number of hydrogen-bond donors (Lipinski definition) is 0. The van der Waals surface area contributed by atoms with E-state index in [1.54, 1.807) is 0 Å². The molecule has 69 heavy (non-hydrogen) atoms. The van der Waals surface area contributed by atoms with Gasteiger partial charge in [0.05, 0.1) is 16.5 Å². The van der Waals surface area contributed by atoms with Crippen LogP contribution in [0.25, 0.3) is 87.6 Å². The van der Waals surface area contributed by atoms with Crippen LogP contribution in [0.5, 0.6) is 0 Å². The van der Waals surface area contributed by atoms with Crippen LogP contribution in [0.3, 0.4) is 0 Å². The summed E-state index contributed by atoms with van der Waals surface area (Å²) >= 11 is 0. The molecule has 0 N–H and O–H groups in total. The van der Waals surface area contributed by atoms with Crippen molar-refractivity contribution in [2.75, 3.05) is 4.90 Å². The average Bonchev–Trinajstić information content (AvgIpc) is 3.95. The highest BCUT2D eigenvalue weighted by Gasteiger charge is 2.46. The molecule has 0 amide bonds. The fourth-order valence-corrected chi connectivity index (χ4v) is 11.6.